The molecule has 0 saturated heterocycles. The summed E-state index contributed by atoms with van der Waals surface area (Å²) in [4.78, 5) is 11.8. The van der Waals surface area contributed by atoms with Crippen molar-refractivity contribution in [1.29, 1.82) is 0 Å². The van der Waals surface area contributed by atoms with Crippen molar-refractivity contribution in [2.75, 3.05) is 18.5 Å². The van der Waals surface area contributed by atoms with Gasteiger partial charge in [0.1, 0.15) is 11.6 Å². The van der Waals surface area contributed by atoms with E-state index in [4.69, 9.17) is 9.84 Å². The van der Waals surface area contributed by atoms with Crippen molar-refractivity contribution in [3.63, 3.8) is 0 Å². The molecule has 5 nitrogen and oxygen atoms in total. The number of hydrogen-bond donors (Lipinski definition) is 3. The zero-order valence-corrected chi connectivity index (χ0v) is 12.6. The Balaban J connectivity index is 2.64. The van der Waals surface area contributed by atoms with Crippen LogP contribution in [0.3, 0.4) is 0 Å². The minimum Gasteiger partial charge on any atom is -0.489 e. The molecule has 21 heavy (non-hydrogen) atoms. The third kappa shape index (κ3) is 6.44. The minimum absolute atomic E-state index is 0.0800. The highest BCUT2D eigenvalue weighted by molar-refractivity contribution is 5.90. The van der Waals surface area contributed by atoms with Crippen LogP contribution < -0.4 is 15.4 Å². The number of hydrogen-bond acceptors (Lipinski definition) is 3. The second-order valence-electron chi connectivity index (χ2n) is 5.26. The Morgan fingerprint density at radius 2 is 2.10 bits per heavy atom. The number of carbonyl (C=O) groups excluding carboxylic acids is 1. The van der Waals surface area contributed by atoms with Gasteiger partial charge in [-0.2, -0.15) is 0 Å². The summed E-state index contributed by atoms with van der Waals surface area (Å²) in [6.45, 7) is 6.14. The summed E-state index contributed by atoms with van der Waals surface area (Å²) in [5, 5.41) is 14.1. The highest BCUT2D eigenvalue weighted by atomic mass is 19.1. The first kappa shape index (κ1) is 17.2. The lowest BCUT2D eigenvalue weighted by Gasteiger charge is -2.16. The normalized spacial score (nSPS) is 12.1. The van der Waals surface area contributed by atoms with Gasteiger partial charge in [-0.1, -0.05) is 6.92 Å². The molecule has 1 unspecified atom stereocenters. The summed E-state index contributed by atoms with van der Waals surface area (Å²) in [5.74, 6) is 0.139. The van der Waals surface area contributed by atoms with Gasteiger partial charge >= 0.3 is 6.03 Å². The zero-order chi connectivity index (χ0) is 15.8. The maximum Gasteiger partial charge on any atom is 0.319 e. The van der Waals surface area contributed by atoms with Crippen molar-refractivity contribution in [3.05, 3.63) is 24.0 Å². The van der Waals surface area contributed by atoms with E-state index in [0.717, 1.165) is 0 Å². The molecule has 6 heteroatoms. The van der Waals surface area contributed by atoms with Crippen LogP contribution in [0.4, 0.5) is 14.9 Å². The summed E-state index contributed by atoms with van der Waals surface area (Å²) < 4.78 is 18.8. The number of halogens is 1. The lowest BCUT2D eigenvalue weighted by Crippen LogP contribution is -2.32. The number of ether oxygens (including phenoxy) is 1. The topological polar surface area (TPSA) is 70.6 Å². The maximum absolute atomic E-state index is 13.3. The maximum atomic E-state index is 13.3. The number of benzene rings is 1. The van der Waals surface area contributed by atoms with Crippen molar-refractivity contribution in [3.8, 4) is 5.75 Å². The Labute approximate surface area is 124 Å². The average Bonchev–Trinajstić information content (AvgIpc) is 2.39. The molecule has 3 N–H and O–H groups in total. The number of amides is 2. The van der Waals surface area contributed by atoms with Gasteiger partial charge in [0.05, 0.1) is 11.8 Å². The molecule has 1 atom stereocenters. The van der Waals surface area contributed by atoms with Crippen LogP contribution in [0.15, 0.2) is 18.2 Å². The molecule has 0 radical (unpaired) electrons. The number of anilines is 1. The molecule has 0 saturated carbocycles. The van der Waals surface area contributed by atoms with Gasteiger partial charge in [0, 0.05) is 19.2 Å². The summed E-state index contributed by atoms with van der Waals surface area (Å²) in [6, 6.07) is 3.55. The van der Waals surface area contributed by atoms with Crippen molar-refractivity contribution in [2.24, 2.45) is 5.92 Å². The van der Waals surface area contributed by atoms with Crippen molar-refractivity contribution < 1.29 is 19.0 Å². The third-order valence-corrected chi connectivity index (χ3v) is 2.79. The molecule has 0 aliphatic rings. The number of carbonyl (C=O) groups is 1. The van der Waals surface area contributed by atoms with Gasteiger partial charge in [0.25, 0.3) is 0 Å². The third-order valence-electron chi connectivity index (χ3n) is 2.79. The Hall–Kier alpha value is -1.82. The first-order valence-electron chi connectivity index (χ1n) is 7.04. The van der Waals surface area contributed by atoms with Gasteiger partial charge < -0.3 is 20.5 Å². The largest absolute Gasteiger partial charge is 0.489 e. The van der Waals surface area contributed by atoms with Gasteiger partial charge in [-0.25, -0.2) is 9.18 Å². The first-order chi connectivity index (χ1) is 9.92. The molecule has 1 rings (SSSR count). The van der Waals surface area contributed by atoms with Crippen molar-refractivity contribution in [1.82, 2.24) is 5.32 Å². The monoisotopic (exact) mass is 298 g/mol. The van der Waals surface area contributed by atoms with E-state index in [0.29, 0.717) is 18.7 Å². The molecule has 2 amide bonds. The van der Waals surface area contributed by atoms with Crippen LogP contribution in [0.2, 0.25) is 0 Å². The van der Waals surface area contributed by atoms with Gasteiger partial charge in [-0.05, 0) is 38.3 Å². The van der Waals surface area contributed by atoms with Crippen LogP contribution in [-0.2, 0) is 0 Å². The Bertz CT molecular complexity index is 466. The molecule has 0 aliphatic heterocycles. The van der Waals surface area contributed by atoms with Crippen LogP contribution in [0.1, 0.15) is 27.2 Å². The van der Waals surface area contributed by atoms with Crippen molar-refractivity contribution in [2.45, 2.75) is 33.3 Å². The number of aliphatic hydroxyl groups is 1. The standard InChI is InChI=1S/C15H23FN2O3/c1-10(2)21-14-5-4-12(16)8-13(14)18-15(20)17-9-11(3)6-7-19/h4-5,8,10-11,19H,6-7,9H2,1-3H3,(H2,17,18,20). The molecule has 0 aromatic heterocycles. The molecule has 1 aromatic carbocycles. The molecule has 0 aliphatic carbocycles. The van der Waals surface area contributed by atoms with Gasteiger partial charge in [0.15, 0.2) is 0 Å². The molecule has 0 fully saturated rings. The smallest absolute Gasteiger partial charge is 0.319 e. The second-order valence-corrected chi connectivity index (χ2v) is 5.26. The highest BCUT2D eigenvalue weighted by Crippen LogP contribution is 2.26. The SMILES string of the molecule is CC(CCO)CNC(=O)Nc1cc(F)ccc1OC(C)C. The zero-order valence-electron chi connectivity index (χ0n) is 12.6. The minimum atomic E-state index is -0.449. The van der Waals surface area contributed by atoms with E-state index in [1.165, 1.54) is 18.2 Å². The van der Waals surface area contributed by atoms with Gasteiger partial charge in [-0.3, -0.25) is 0 Å². The quantitative estimate of drug-likeness (QED) is 0.725. The Morgan fingerprint density at radius 1 is 1.38 bits per heavy atom. The predicted octanol–water partition coefficient (Wildman–Crippen LogP) is 2.75. The molecule has 118 valence electrons. The molecular weight excluding hydrogens is 275 g/mol. The summed E-state index contributed by atoms with van der Waals surface area (Å²) in [6.07, 6.45) is 0.533. The number of rotatable bonds is 7. The molecular formula is C15H23FN2O3. The number of urea groups is 1. The summed E-state index contributed by atoms with van der Waals surface area (Å²) in [5.41, 5.74) is 0.288. The molecule has 0 bridgehead atoms. The lowest BCUT2D eigenvalue weighted by molar-refractivity contribution is 0.239. The molecule has 0 heterocycles. The van der Waals surface area contributed by atoms with Crippen LogP contribution in [-0.4, -0.2) is 30.4 Å². The lowest BCUT2D eigenvalue weighted by atomic mass is 10.1. The van der Waals surface area contributed by atoms with E-state index in [-0.39, 0.29) is 24.3 Å². The van der Waals surface area contributed by atoms with E-state index in [2.05, 4.69) is 10.6 Å². The van der Waals surface area contributed by atoms with Crippen LogP contribution in [0.25, 0.3) is 0 Å². The molecule has 0 spiro atoms. The summed E-state index contributed by atoms with van der Waals surface area (Å²) in [7, 11) is 0. The van der Waals surface area contributed by atoms with E-state index in [1.807, 2.05) is 20.8 Å². The fraction of sp³-hybridized carbons (Fsp3) is 0.533. The van der Waals surface area contributed by atoms with Crippen LogP contribution >= 0.6 is 0 Å². The number of aliphatic hydroxyl groups excluding tert-OH is 1. The first-order valence-corrected chi connectivity index (χ1v) is 7.04. The predicted molar refractivity (Wildman–Crippen MR) is 80.1 cm³/mol. The van der Waals surface area contributed by atoms with Gasteiger partial charge in [-0.15, -0.1) is 0 Å². The van der Waals surface area contributed by atoms with E-state index >= 15 is 0 Å². The van der Waals surface area contributed by atoms with E-state index in [1.54, 1.807) is 0 Å². The van der Waals surface area contributed by atoms with Crippen LogP contribution in [0, 0.1) is 11.7 Å². The highest BCUT2D eigenvalue weighted by Gasteiger charge is 2.11. The number of nitrogens with one attached hydrogen (secondary N) is 2. The average molecular weight is 298 g/mol. The van der Waals surface area contributed by atoms with Crippen molar-refractivity contribution >= 4 is 11.7 Å². The fourth-order valence-electron chi connectivity index (χ4n) is 1.71. The van der Waals surface area contributed by atoms with E-state index < -0.39 is 11.8 Å². The Morgan fingerprint density at radius 3 is 2.71 bits per heavy atom. The van der Waals surface area contributed by atoms with Crippen LogP contribution in [0.5, 0.6) is 5.75 Å². The summed E-state index contributed by atoms with van der Waals surface area (Å²) >= 11 is 0. The van der Waals surface area contributed by atoms with Gasteiger partial charge in [0.2, 0.25) is 0 Å². The second kappa shape index (κ2) is 8.46. The van der Waals surface area contributed by atoms with E-state index in [9.17, 15) is 9.18 Å². The Kier molecular flexibility index (Phi) is 6.94. The molecule has 1 aromatic rings. The fourth-order valence-corrected chi connectivity index (χ4v) is 1.71.